The van der Waals surface area contributed by atoms with Gasteiger partial charge in [-0.25, -0.2) is 0 Å². The molecular weight excluding hydrogens is 252 g/mol. The quantitative estimate of drug-likeness (QED) is 0.548. The van der Waals surface area contributed by atoms with E-state index < -0.39 is 0 Å². The SMILES string of the molecule is CC(C1CCCCC1)C1(C)CC2CCCC3CCCC1C32. The van der Waals surface area contributed by atoms with E-state index in [1.54, 1.807) is 57.8 Å². The summed E-state index contributed by atoms with van der Waals surface area (Å²) >= 11 is 0. The van der Waals surface area contributed by atoms with Crippen LogP contribution in [0.5, 0.6) is 0 Å². The Kier molecular flexibility index (Phi) is 3.87. The van der Waals surface area contributed by atoms with Gasteiger partial charge in [0.1, 0.15) is 0 Å². The Balaban J connectivity index is 1.58. The zero-order valence-corrected chi connectivity index (χ0v) is 14.4. The summed E-state index contributed by atoms with van der Waals surface area (Å²) in [5.41, 5.74) is 0.695. The lowest BCUT2D eigenvalue weighted by Gasteiger charge is -2.47. The van der Waals surface area contributed by atoms with Gasteiger partial charge in [-0.2, -0.15) is 0 Å². The summed E-state index contributed by atoms with van der Waals surface area (Å²) in [6.07, 6.45) is 18.6. The fourth-order valence-electron chi connectivity index (χ4n) is 7.62. The first-order valence-electron chi connectivity index (χ1n) is 10.2. The van der Waals surface area contributed by atoms with Crippen LogP contribution in [0.4, 0.5) is 0 Å². The molecule has 0 N–H and O–H groups in total. The van der Waals surface area contributed by atoms with Crippen LogP contribution >= 0.6 is 0 Å². The van der Waals surface area contributed by atoms with E-state index in [4.69, 9.17) is 0 Å². The van der Waals surface area contributed by atoms with Crippen molar-refractivity contribution in [1.82, 2.24) is 0 Å². The zero-order valence-electron chi connectivity index (χ0n) is 14.4. The highest BCUT2D eigenvalue weighted by Crippen LogP contribution is 2.65. The van der Waals surface area contributed by atoms with Crippen LogP contribution in [0.1, 0.15) is 90.9 Å². The molecule has 0 aromatic rings. The first-order chi connectivity index (χ1) is 10.2. The Bertz CT molecular complexity index is 364. The van der Waals surface area contributed by atoms with Crippen LogP contribution in [0.3, 0.4) is 0 Å². The fourth-order valence-corrected chi connectivity index (χ4v) is 7.62. The Morgan fingerprint density at radius 1 is 0.762 bits per heavy atom. The highest BCUT2D eigenvalue weighted by Gasteiger charge is 2.57. The Labute approximate surface area is 132 Å². The second-order valence-corrected chi connectivity index (χ2v) is 9.46. The Morgan fingerprint density at radius 3 is 2.19 bits per heavy atom. The van der Waals surface area contributed by atoms with Gasteiger partial charge in [0.15, 0.2) is 0 Å². The minimum atomic E-state index is 0.695. The molecule has 0 spiro atoms. The van der Waals surface area contributed by atoms with Crippen LogP contribution in [0.25, 0.3) is 0 Å². The van der Waals surface area contributed by atoms with Crippen molar-refractivity contribution in [2.24, 2.45) is 40.9 Å². The molecule has 0 amide bonds. The van der Waals surface area contributed by atoms with E-state index in [9.17, 15) is 0 Å². The van der Waals surface area contributed by atoms with E-state index in [1.165, 1.54) is 19.3 Å². The van der Waals surface area contributed by atoms with Crippen LogP contribution < -0.4 is 0 Å². The molecule has 0 heterocycles. The van der Waals surface area contributed by atoms with Gasteiger partial charge in [-0.1, -0.05) is 78.1 Å². The second kappa shape index (κ2) is 5.57. The summed E-state index contributed by atoms with van der Waals surface area (Å²) in [5, 5.41) is 0. The van der Waals surface area contributed by atoms with Gasteiger partial charge in [0.2, 0.25) is 0 Å². The maximum atomic E-state index is 2.73. The van der Waals surface area contributed by atoms with Crippen LogP contribution in [0.2, 0.25) is 0 Å². The van der Waals surface area contributed by atoms with Crippen molar-refractivity contribution in [3.05, 3.63) is 0 Å². The van der Waals surface area contributed by atoms with Gasteiger partial charge in [-0.3, -0.25) is 0 Å². The maximum absolute atomic E-state index is 2.73. The van der Waals surface area contributed by atoms with Crippen LogP contribution in [0.15, 0.2) is 0 Å². The summed E-state index contributed by atoms with van der Waals surface area (Å²) in [7, 11) is 0. The molecule has 0 bridgehead atoms. The molecule has 21 heavy (non-hydrogen) atoms. The van der Waals surface area contributed by atoms with E-state index in [0.717, 1.165) is 35.5 Å². The Morgan fingerprint density at radius 2 is 1.43 bits per heavy atom. The second-order valence-electron chi connectivity index (χ2n) is 9.46. The van der Waals surface area contributed by atoms with E-state index in [0.29, 0.717) is 5.41 Å². The smallest absolute Gasteiger partial charge is 0.0264 e. The number of rotatable bonds is 2. The van der Waals surface area contributed by atoms with Crippen molar-refractivity contribution < 1.29 is 0 Å². The van der Waals surface area contributed by atoms with Crippen molar-refractivity contribution in [1.29, 1.82) is 0 Å². The highest BCUT2D eigenvalue weighted by atomic mass is 14.6. The normalized spacial score (nSPS) is 48.9. The van der Waals surface area contributed by atoms with E-state index >= 15 is 0 Å². The lowest BCUT2D eigenvalue weighted by Crippen LogP contribution is -2.40. The minimum Gasteiger partial charge on any atom is -0.0617 e. The average Bonchev–Trinajstić information content (AvgIpc) is 2.84. The van der Waals surface area contributed by atoms with Crippen molar-refractivity contribution in [2.75, 3.05) is 0 Å². The third-order valence-electron chi connectivity index (χ3n) is 8.74. The predicted molar refractivity (Wildman–Crippen MR) is 90.1 cm³/mol. The molecule has 0 nitrogen and oxygen atoms in total. The van der Waals surface area contributed by atoms with Gasteiger partial charge in [-0.15, -0.1) is 0 Å². The van der Waals surface area contributed by atoms with Gasteiger partial charge in [-0.05, 0) is 53.8 Å². The third-order valence-corrected chi connectivity index (χ3v) is 8.74. The molecule has 4 aliphatic rings. The summed E-state index contributed by atoms with van der Waals surface area (Å²) < 4.78 is 0. The minimum absolute atomic E-state index is 0.695. The molecule has 4 rings (SSSR count). The van der Waals surface area contributed by atoms with Gasteiger partial charge >= 0.3 is 0 Å². The topological polar surface area (TPSA) is 0 Å². The molecule has 120 valence electrons. The molecule has 0 aromatic heterocycles. The molecule has 6 atom stereocenters. The van der Waals surface area contributed by atoms with Crippen molar-refractivity contribution in [3.63, 3.8) is 0 Å². The molecular formula is C21H36. The third kappa shape index (κ3) is 2.31. The molecule has 0 aromatic carbocycles. The lowest BCUT2D eigenvalue weighted by molar-refractivity contribution is 0.0157. The van der Waals surface area contributed by atoms with E-state index in [2.05, 4.69) is 13.8 Å². The molecule has 0 saturated heterocycles. The summed E-state index contributed by atoms with van der Waals surface area (Å²) in [4.78, 5) is 0. The monoisotopic (exact) mass is 288 g/mol. The molecule has 0 radical (unpaired) electrons. The average molecular weight is 289 g/mol. The molecule has 0 heteroatoms. The van der Waals surface area contributed by atoms with Crippen molar-refractivity contribution in [3.8, 4) is 0 Å². The molecule has 4 saturated carbocycles. The number of hydrogen-bond acceptors (Lipinski definition) is 0. The maximum Gasteiger partial charge on any atom is -0.0264 e. The lowest BCUT2D eigenvalue weighted by atomic mass is 9.57. The summed E-state index contributed by atoms with van der Waals surface area (Å²) in [6.45, 7) is 5.40. The van der Waals surface area contributed by atoms with E-state index in [-0.39, 0.29) is 0 Å². The highest BCUT2D eigenvalue weighted by molar-refractivity contribution is 5.06. The zero-order chi connectivity index (χ0) is 14.4. The van der Waals surface area contributed by atoms with Gasteiger partial charge in [0.05, 0.1) is 0 Å². The van der Waals surface area contributed by atoms with E-state index in [1.807, 2.05) is 0 Å². The molecule has 0 aliphatic heterocycles. The van der Waals surface area contributed by atoms with Gasteiger partial charge in [0.25, 0.3) is 0 Å². The van der Waals surface area contributed by atoms with Crippen LogP contribution in [0, 0.1) is 40.9 Å². The fraction of sp³-hybridized carbons (Fsp3) is 1.00. The molecule has 4 fully saturated rings. The summed E-state index contributed by atoms with van der Waals surface area (Å²) in [5.74, 6) is 6.53. The number of hydrogen-bond donors (Lipinski definition) is 0. The predicted octanol–water partition coefficient (Wildman–Crippen LogP) is 6.45. The molecule has 4 aliphatic carbocycles. The largest absolute Gasteiger partial charge is 0.0617 e. The van der Waals surface area contributed by atoms with Crippen LogP contribution in [-0.2, 0) is 0 Å². The first-order valence-corrected chi connectivity index (χ1v) is 10.2. The summed E-state index contributed by atoms with van der Waals surface area (Å²) in [6, 6.07) is 0. The van der Waals surface area contributed by atoms with Crippen molar-refractivity contribution in [2.45, 2.75) is 90.9 Å². The Hall–Kier alpha value is 0. The van der Waals surface area contributed by atoms with Crippen molar-refractivity contribution >= 4 is 0 Å². The molecule has 6 unspecified atom stereocenters. The standard InChI is InChI=1S/C21H36/c1-15(16-8-4-3-5-9-16)21(2)14-18-12-6-10-17-11-7-13-19(21)20(17)18/h15-20H,3-14H2,1-2H3. The first kappa shape index (κ1) is 14.6. The van der Waals surface area contributed by atoms with Crippen LogP contribution in [-0.4, -0.2) is 0 Å². The van der Waals surface area contributed by atoms with Gasteiger partial charge < -0.3 is 0 Å². The van der Waals surface area contributed by atoms with Gasteiger partial charge in [0, 0.05) is 0 Å².